The van der Waals surface area contributed by atoms with Crippen molar-refractivity contribution in [1.82, 2.24) is 15.2 Å². The first-order chi connectivity index (χ1) is 7.34. The van der Waals surface area contributed by atoms with Crippen LogP contribution in [0.4, 0.5) is 6.01 Å². The highest BCUT2D eigenvalue weighted by Gasteiger charge is 2.33. The fourth-order valence-corrected chi connectivity index (χ4v) is 2.57. The number of nitrogens with one attached hydrogen (secondary N) is 1. The van der Waals surface area contributed by atoms with Crippen molar-refractivity contribution in [3.05, 3.63) is 11.5 Å². The second-order valence-corrected chi connectivity index (χ2v) is 4.20. The van der Waals surface area contributed by atoms with E-state index < -0.39 is 0 Å². The largest absolute Gasteiger partial charge is 0.427 e. The zero-order valence-corrected chi connectivity index (χ0v) is 8.70. The van der Waals surface area contributed by atoms with Crippen LogP contribution in [0.1, 0.15) is 23.9 Å². The molecule has 5 nitrogen and oxygen atoms in total. The molecule has 3 N–H and O–H groups in total. The summed E-state index contributed by atoms with van der Waals surface area (Å²) in [6, 6.07) is 0.728. The lowest BCUT2D eigenvalue weighted by atomic mass is 10.2. The van der Waals surface area contributed by atoms with Gasteiger partial charge in [0.05, 0.1) is 11.7 Å². The minimum absolute atomic E-state index is 0.319. The molecule has 0 spiro atoms. The third-order valence-electron chi connectivity index (χ3n) is 3.29. The summed E-state index contributed by atoms with van der Waals surface area (Å²) < 4.78 is 5.50. The van der Waals surface area contributed by atoms with E-state index in [1.54, 1.807) is 0 Å². The number of hydrogen-bond acceptors (Lipinski definition) is 5. The van der Waals surface area contributed by atoms with Gasteiger partial charge in [-0.1, -0.05) is 0 Å². The van der Waals surface area contributed by atoms with E-state index in [4.69, 9.17) is 10.2 Å². The molecule has 1 saturated heterocycles. The molecular weight excluding hydrogens is 192 g/mol. The van der Waals surface area contributed by atoms with Gasteiger partial charge in [0.15, 0.2) is 0 Å². The van der Waals surface area contributed by atoms with Crippen molar-refractivity contribution in [1.29, 1.82) is 0 Å². The standard InChI is InChI=1S/C10H16N4O/c11-10-13-7-1-2-8(9(7)15-10)14-5-3-12-4-6-14/h8,12H,1-6H2,(H2,11,13). The Labute approximate surface area is 88.6 Å². The number of nitrogen functional groups attached to an aromatic ring is 1. The predicted molar refractivity (Wildman–Crippen MR) is 56.4 cm³/mol. The van der Waals surface area contributed by atoms with E-state index in [-0.39, 0.29) is 0 Å². The number of aromatic nitrogens is 1. The van der Waals surface area contributed by atoms with Crippen molar-refractivity contribution in [3.63, 3.8) is 0 Å². The molecule has 0 saturated carbocycles. The zero-order valence-electron chi connectivity index (χ0n) is 8.70. The Morgan fingerprint density at radius 2 is 2.20 bits per heavy atom. The summed E-state index contributed by atoms with van der Waals surface area (Å²) >= 11 is 0. The second kappa shape index (κ2) is 3.50. The smallest absolute Gasteiger partial charge is 0.292 e. The van der Waals surface area contributed by atoms with Crippen LogP contribution in [0.3, 0.4) is 0 Å². The Hall–Kier alpha value is -1.07. The van der Waals surface area contributed by atoms with Crippen LogP contribution in [0, 0.1) is 0 Å². The van der Waals surface area contributed by atoms with Crippen LogP contribution < -0.4 is 11.1 Å². The fraction of sp³-hybridized carbons (Fsp3) is 0.700. The molecule has 0 radical (unpaired) electrons. The second-order valence-electron chi connectivity index (χ2n) is 4.20. The average molecular weight is 208 g/mol. The van der Waals surface area contributed by atoms with E-state index in [0.717, 1.165) is 50.5 Å². The Morgan fingerprint density at radius 1 is 1.40 bits per heavy atom. The third kappa shape index (κ3) is 1.52. The maximum Gasteiger partial charge on any atom is 0.292 e. The van der Waals surface area contributed by atoms with Gasteiger partial charge in [0, 0.05) is 26.2 Å². The summed E-state index contributed by atoms with van der Waals surface area (Å²) in [7, 11) is 0. The lowest BCUT2D eigenvalue weighted by Crippen LogP contribution is -2.44. The summed E-state index contributed by atoms with van der Waals surface area (Å²) in [4.78, 5) is 6.67. The van der Waals surface area contributed by atoms with Crippen LogP contribution in [-0.2, 0) is 6.42 Å². The van der Waals surface area contributed by atoms with Crippen molar-refractivity contribution < 1.29 is 4.42 Å². The molecule has 0 amide bonds. The Bertz CT molecular complexity index is 356. The van der Waals surface area contributed by atoms with E-state index in [2.05, 4.69) is 15.2 Å². The van der Waals surface area contributed by atoms with Gasteiger partial charge < -0.3 is 15.5 Å². The zero-order chi connectivity index (χ0) is 10.3. The number of nitrogens with zero attached hydrogens (tertiary/aromatic N) is 2. The van der Waals surface area contributed by atoms with Gasteiger partial charge in [0.25, 0.3) is 6.01 Å². The molecule has 1 unspecified atom stereocenters. The van der Waals surface area contributed by atoms with Crippen LogP contribution in [-0.4, -0.2) is 36.1 Å². The van der Waals surface area contributed by atoms with Crippen LogP contribution in [0.5, 0.6) is 0 Å². The molecule has 1 fully saturated rings. The number of anilines is 1. The van der Waals surface area contributed by atoms with E-state index in [1.807, 2.05) is 0 Å². The highest BCUT2D eigenvalue weighted by molar-refractivity contribution is 5.26. The molecule has 3 rings (SSSR count). The van der Waals surface area contributed by atoms with Gasteiger partial charge in [-0.05, 0) is 12.8 Å². The van der Waals surface area contributed by atoms with Crippen LogP contribution in [0.2, 0.25) is 0 Å². The number of aryl methyl sites for hydroxylation is 1. The number of hydrogen-bond donors (Lipinski definition) is 2. The van der Waals surface area contributed by atoms with Gasteiger partial charge >= 0.3 is 0 Å². The van der Waals surface area contributed by atoms with Gasteiger partial charge in [0.1, 0.15) is 5.76 Å². The van der Waals surface area contributed by atoms with E-state index in [9.17, 15) is 0 Å². The molecule has 1 aromatic heterocycles. The minimum Gasteiger partial charge on any atom is -0.427 e. The molecule has 1 aromatic rings. The lowest BCUT2D eigenvalue weighted by molar-refractivity contribution is 0.157. The molecule has 82 valence electrons. The molecule has 5 heteroatoms. The molecule has 1 aliphatic carbocycles. The maximum absolute atomic E-state index is 5.57. The normalized spacial score (nSPS) is 26.8. The van der Waals surface area contributed by atoms with Gasteiger partial charge in [-0.25, -0.2) is 0 Å². The van der Waals surface area contributed by atoms with Crippen LogP contribution in [0.15, 0.2) is 4.42 Å². The lowest BCUT2D eigenvalue weighted by Gasteiger charge is -2.31. The first-order valence-corrected chi connectivity index (χ1v) is 5.54. The van der Waals surface area contributed by atoms with Crippen LogP contribution >= 0.6 is 0 Å². The fourth-order valence-electron chi connectivity index (χ4n) is 2.57. The number of piperazine rings is 1. The van der Waals surface area contributed by atoms with E-state index in [0.29, 0.717) is 12.1 Å². The van der Waals surface area contributed by atoms with Crippen molar-refractivity contribution >= 4 is 6.01 Å². The molecule has 2 heterocycles. The first kappa shape index (κ1) is 9.18. The third-order valence-corrected chi connectivity index (χ3v) is 3.29. The summed E-state index contributed by atoms with van der Waals surface area (Å²) in [6.07, 6.45) is 2.13. The quantitative estimate of drug-likeness (QED) is 0.687. The van der Waals surface area contributed by atoms with Crippen molar-refractivity contribution in [2.45, 2.75) is 18.9 Å². The summed E-state index contributed by atoms with van der Waals surface area (Å²) in [5, 5.41) is 3.35. The number of oxazole rings is 1. The maximum atomic E-state index is 5.57. The molecular formula is C10H16N4O. The SMILES string of the molecule is Nc1nc2c(o1)C(N1CCNCC1)CC2. The Kier molecular flexibility index (Phi) is 2.14. The molecule has 15 heavy (non-hydrogen) atoms. The molecule has 2 aliphatic rings. The van der Waals surface area contributed by atoms with Gasteiger partial charge in [-0.2, -0.15) is 4.98 Å². The van der Waals surface area contributed by atoms with Crippen molar-refractivity contribution in [3.8, 4) is 0 Å². The van der Waals surface area contributed by atoms with E-state index in [1.165, 1.54) is 0 Å². The summed E-state index contributed by atoms with van der Waals surface area (Å²) in [6.45, 7) is 4.31. The topological polar surface area (TPSA) is 67.3 Å². The summed E-state index contributed by atoms with van der Waals surface area (Å²) in [5.41, 5.74) is 6.64. The number of nitrogens with two attached hydrogens (primary N) is 1. The molecule has 1 atom stereocenters. The van der Waals surface area contributed by atoms with Crippen molar-refractivity contribution in [2.24, 2.45) is 0 Å². The van der Waals surface area contributed by atoms with Crippen molar-refractivity contribution in [2.75, 3.05) is 31.9 Å². The van der Waals surface area contributed by atoms with E-state index >= 15 is 0 Å². The first-order valence-electron chi connectivity index (χ1n) is 5.54. The highest BCUT2D eigenvalue weighted by Crippen LogP contribution is 2.36. The summed E-state index contributed by atoms with van der Waals surface area (Å²) in [5.74, 6) is 1.01. The van der Waals surface area contributed by atoms with Crippen LogP contribution in [0.25, 0.3) is 0 Å². The highest BCUT2D eigenvalue weighted by atomic mass is 16.4. The molecule has 0 aromatic carbocycles. The molecule has 0 bridgehead atoms. The van der Waals surface area contributed by atoms with Gasteiger partial charge in [-0.3, -0.25) is 4.90 Å². The molecule has 1 aliphatic heterocycles. The van der Waals surface area contributed by atoms with Gasteiger partial charge in [0.2, 0.25) is 0 Å². The number of fused-ring (bicyclic) bond motifs is 1. The average Bonchev–Trinajstić information content (AvgIpc) is 2.77. The van der Waals surface area contributed by atoms with Gasteiger partial charge in [-0.15, -0.1) is 0 Å². The monoisotopic (exact) mass is 208 g/mol. The Balaban J connectivity index is 1.82. The number of rotatable bonds is 1. The minimum atomic E-state index is 0.319. The Morgan fingerprint density at radius 3 is 3.00 bits per heavy atom. The predicted octanol–water partition coefficient (Wildman–Crippen LogP) is 0.149.